The summed E-state index contributed by atoms with van der Waals surface area (Å²) in [5.41, 5.74) is 1.96. The van der Waals surface area contributed by atoms with E-state index in [1.807, 2.05) is 6.92 Å². The zero-order chi connectivity index (χ0) is 14.0. The van der Waals surface area contributed by atoms with Crippen LogP contribution in [-0.4, -0.2) is 6.21 Å². The Hall–Kier alpha value is -1.76. The van der Waals surface area contributed by atoms with Crippen LogP contribution in [0.25, 0.3) is 0 Å². The van der Waals surface area contributed by atoms with Crippen LogP contribution in [0, 0.1) is 25.2 Å². The minimum Gasteiger partial charge on any atom is -0.442 e. The summed E-state index contributed by atoms with van der Waals surface area (Å²) in [4.78, 5) is 4.18. The van der Waals surface area contributed by atoms with Crippen LogP contribution in [0.4, 0.5) is 5.88 Å². The molecule has 0 spiro atoms. The van der Waals surface area contributed by atoms with Gasteiger partial charge < -0.3 is 4.42 Å². The normalized spacial score (nSPS) is 10.9. The Bertz CT molecular complexity index is 696. The molecular weight excluding hydrogens is 283 g/mol. The number of halogens is 2. The van der Waals surface area contributed by atoms with Gasteiger partial charge in [-0.3, -0.25) is 0 Å². The molecule has 1 aromatic heterocycles. The highest BCUT2D eigenvalue weighted by Crippen LogP contribution is 2.28. The fraction of sp³-hybridized carbons (Fsp3) is 0.143. The summed E-state index contributed by atoms with van der Waals surface area (Å²) in [6.07, 6.45) is 1.55. The highest BCUT2D eigenvalue weighted by molar-refractivity contribution is 6.36. The van der Waals surface area contributed by atoms with Crippen molar-refractivity contribution in [1.29, 1.82) is 5.26 Å². The van der Waals surface area contributed by atoms with Gasteiger partial charge in [0.2, 0.25) is 5.88 Å². The summed E-state index contributed by atoms with van der Waals surface area (Å²) in [6, 6.07) is 7.19. The van der Waals surface area contributed by atoms with E-state index in [1.165, 1.54) is 0 Å². The first-order chi connectivity index (χ1) is 9.02. The summed E-state index contributed by atoms with van der Waals surface area (Å²) in [5.74, 6) is 0.981. The van der Waals surface area contributed by atoms with Crippen LogP contribution in [-0.2, 0) is 0 Å². The molecule has 0 aliphatic rings. The zero-order valence-electron chi connectivity index (χ0n) is 10.4. The molecule has 96 valence electrons. The van der Waals surface area contributed by atoms with Crippen molar-refractivity contribution in [2.75, 3.05) is 0 Å². The lowest BCUT2D eigenvalue weighted by Crippen LogP contribution is -1.82. The van der Waals surface area contributed by atoms with E-state index in [2.05, 4.69) is 11.1 Å². The Labute approximate surface area is 121 Å². The topological polar surface area (TPSA) is 49.3 Å². The lowest BCUT2D eigenvalue weighted by atomic mass is 10.2. The first kappa shape index (κ1) is 13.7. The van der Waals surface area contributed by atoms with E-state index in [0.29, 0.717) is 32.8 Å². The van der Waals surface area contributed by atoms with E-state index in [0.717, 1.165) is 5.56 Å². The molecule has 0 fully saturated rings. The van der Waals surface area contributed by atoms with Crippen LogP contribution in [0.2, 0.25) is 10.0 Å². The summed E-state index contributed by atoms with van der Waals surface area (Å²) in [5, 5.41) is 10.1. The number of aryl methyl sites for hydroxylation is 1. The van der Waals surface area contributed by atoms with Crippen molar-refractivity contribution in [3.05, 3.63) is 50.7 Å². The Kier molecular flexibility index (Phi) is 3.94. The van der Waals surface area contributed by atoms with Crippen molar-refractivity contribution in [2.45, 2.75) is 13.8 Å². The molecule has 1 aromatic carbocycles. The fourth-order valence-corrected chi connectivity index (χ4v) is 2.02. The maximum Gasteiger partial charge on any atom is 0.237 e. The van der Waals surface area contributed by atoms with Crippen molar-refractivity contribution in [3.63, 3.8) is 0 Å². The molecule has 19 heavy (non-hydrogen) atoms. The Morgan fingerprint density at radius 3 is 2.68 bits per heavy atom. The van der Waals surface area contributed by atoms with Crippen molar-refractivity contribution >= 4 is 35.3 Å². The lowest BCUT2D eigenvalue weighted by molar-refractivity contribution is 0.542. The number of rotatable bonds is 2. The minimum atomic E-state index is 0.295. The Morgan fingerprint density at radius 1 is 1.32 bits per heavy atom. The molecule has 0 saturated carbocycles. The fourth-order valence-electron chi connectivity index (χ4n) is 1.57. The third kappa shape index (κ3) is 2.81. The number of hydrogen-bond donors (Lipinski definition) is 0. The zero-order valence-corrected chi connectivity index (χ0v) is 11.9. The van der Waals surface area contributed by atoms with E-state index >= 15 is 0 Å². The second-order valence-electron chi connectivity index (χ2n) is 4.00. The number of nitriles is 1. The maximum absolute atomic E-state index is 9.07. The van der Waals surface area contributed by atoms with E-state index in [-0.39, 0.29) is 0 Å². The number of benzene rings is 1. The third-order valence-corrected chi connectivity index (χ3v) is 3.32. The van der Waals surface area contributed by atoms with Gasteiger partial charge in [-0.15, -0.1) is 0 Å². The minimum absolute atomic E-state index is 0.295. The van der Waals surface area contributed by atoms with Crippen LogP contribution >= 0.6 is 23.2 Å². The van der Waals surface area contributed by atoms with Gasteiger partial charge in [0.15, 0.2) is 0 Å². The van der Waals surface area contributed by atoms with Gasteiger partial charge >= 0.3 is 0 Å². The van der Waals surface area contributed by atoms with Crippen molar-refractivity contribution in [3.8, 4) is 6.07 Å². The summed E-state index contributed by atoms with van der Waals surface area (Å²) in [6.45, 7) is 3.62. The summed E-state index contributed by atoms with van der Waals surface area (Å²) in [7, 11) is 0. The maximum atomic E-state index is 9.07. The van der Waals surface area contributed by atoms with E-state index < -0.39 is 0 Å². The number of furan rings is 1. The molecular formula is C14H10Cl2N2O. The van der Waals surface area contributed by atoms with Gasteiger partial charge in [0, 0.05) is 22.4 Å². The standard InChI is InChI=1S/C14H10Cl2N2O/c1-8-9(2)19-14(12(8)6-17)18-7-10-3-4-11(15)5-13(10)16/h3-5,7H,1-2H3/b18-7+. The smallest absolute Gasteiger partial charge is 0.237 e. The van der Waals surface area contributed by atoms with Gasteiger partial charge in [0.1, 0.15) is 17.4 Å². The molecule has 3 nitrogen and oxygen atoms in total. The number of nitrogens with zero attached hydrogens (tertiary/aromatic N) is 2. The molecule has 0 atom stereocenters. The molecule has 2 aromatic rings. The van der Waals surface area contributed by atoms with Gasteiger partial charge in [-0.2, -0.15) is 5.26 Å². The highest BCUT2D eigenvalue weighted by atomic mass is 35.5. The first-order valence-electron chi connectivity index (χ1n) is 5.52. The number of hydrogen-bond acceptors (Lipinski definition) is 3. The van der Waals surface area contributed by atoms with Gasteiger partial charge in [-0.1, -0.05) is 29.3 Å². The predicted octanol–water partition coefficient (Wildman–Crippen LogP) is 4.83. The van der Waals surface area contributed by atoms with E-state index in [1.54, 1.807) is 31.3 Å². The van der Waals surface area contributed by atoms with Crippen molar-refractivity contribution in [1.82, 2.24) is 0 Å². The Balaban J connectivity index is 2.38. The molecule has 0 aliphatic heterocycles. The average Bonchev–Trinajstić information content (AvgIpc) is 2.63. The van der Waals surface area contributed by atoms with Crippen LogP contribution in [0.15, 0.2) is 27.6 Å². The lowest BCUT2D eigenvalue weighted by Gasteiger charge is -1.97. The quantitative estimate of drug-likeness (QED) is 0.745. The second kappa shape index (κ2) is 5.48. The monoisotopic (exact) mass is 292 g/mol. The van der Waals surface area contributed by atoms with E-state index in [4.69, 9.17) is 32.9 Å². The number of aliphatic imine (C=N–C) groups is 1. The first-order valence-corrected chi connectivity index (χ1v) is 6.27. The molecule has 0 radical (unpaired) electrons. The largest absolute Gasteiger partial charge is 0.442 e. The molecule has 2 rings (SSSR count). The third-order valence-electron chi connectivity index (χ3n) is 2.76. The van der Waals surface area contributed by atoms with Gasteiger partial charge in [0.25, 0.3) is 0 Å². The summed E-state index contributed by atoms with van der Waals surface area (Å²) >= 11 is 11.8. The van der Waals surface area contributed by atoms with Crippen LogP contribution in [0.5, 0.6) is 0 Å². The van der Waals surface area contributed by atoms with Gasteiger partial charge in [-0.25, -0.2) is 4.99 Å². The molecule has 0 aliphatic carbocycles. The average molecular weight is 293 g/mol. The highest BCUT2D eigenvalue weighted by Gasteiger charge is 2.13. The van der Waals surface area contributed by atoms with Crippen LogP contribution in [0.1, 0.15) is 22.5 Å². The SMILES string of the molecule is Cc1oc(/N=C/c2ccc(Cl)cc2Cl)c(C#N)c1C. The predicted molar refractivity (Wildman–Crippen MR) is 76.6 cm³/mol. The second-order valence-corrected chi connectivity index (χ2v) is 4.84. The Morgan fingerprint density at radius 2 is 2.05 bits per heavy atom. The van der Waals surface area contributed by atoms with Gasteiger partial charge in [0.05, 0.1) is 5.02 Å². The molecule has 5 heteroatoms. The molecule has 0 saturated heterocycles. The molecule has 1 heterocycles. The molecule has 0 bridgehead atoms. The van der Waals surface area contributed by atoms with E-state index in [9.17, 15) is 0 Å². The van der Waals surface area contributed by atoms with Gasteiger partial charge in [-0.05, 0) is 26.0 Å². The van der Waals surface area contributed by atoms with Crippen molar-refractivity contribution < 1.29 is 4.42 Å². The van der Waals surface area contributed by atoms with Crippen molar-refractivity contribution in [2.24, 2.45) is 4.99 Å². The van der Waals surface area contributed by atoms with Crippen LogP contribution in [0.3, 0.4) is 0 Å². The summed E-state index contributed by atoms with van der Waals surface area (Å²) < 4.78 is 5.43. The molecule has 0 unspecified atom stereocenters. The molecule has 0 N–H and O–H groups in total. The van der Waals surface area contributed by atoms with Crippen LogP contribution < -0.4 is 0 Å². The molecule has 0 amide bonds.